The lowest BCUT2D eigenvalue weighted by Gasteiger charge is -2.38. The van der Waals surface area contributed by atoms with Gasteiger partial charge < -0.3 is 16.0 Å². The quantitative estimate of drug-likeness (QED) is 0.343. The van der Waals surface area contributed by atoms with Crippen molar-refractivity contribution in [1.29, 1.82) is 0 Å². The molecule has 0 aliphatic heterocycles. The highest BCUT2D eigenvalue weighted by Crippen LogP contribution is 2.39. The number of hydrogen-bond donors (Lipinski definition) is 3. The molecule has 1 fully saturated rings. The molecule has 0 unspecified atom stereocenters. The lowest BCUT2D eigenvalue weighted by Crippen LogP contribution is -2.43. The molecule has 0 atom stereocenters. The minimum absolute atomic E-state index is 0.0644. The normalized spacial score (nSPS) is 15.1. The molecule has 32 heavy (non-hydrogen) atoms. The SMILES string of the molecule is Cc1ccc(Nc2ccc(NC(=S)NCC3(c4cccc(Cl)c4)CCCCC3)cn2)cc1. The van der Waals surface area contributed by atoms with Gasteiger partial charge in [-0.3, -0.25) is 0 Å². The third-order valence-corrected chi connectivity index (χ3v) is 6.66. The molecule has 0 bridgehead atoms. The zero-order valence-corrected chi connectivity index (χ0v) is 19.9. The summed E-state index contributed by atoms with van der Waals surface area (Å²) in [4.78, 5) is 4.49. The largest absolute Gasteiger partial charge is 0.362 e. The summed E-state index contributed by atoms with van der Waals surface area (Å²) in [7, 11) is 0. The van der Waals surface area contributed by atoms with E-state index in [1.165, 1.54) is 30.4 Å². The molecule has 1 heterocycles. The Labute approximate surface area is 200 Å². The van der Waals surface area contributed by atoms with Gasteiger partial charge in [-0.25, -0.2) is 4.98 Å². The number of halogens is 1. The van der Waals surface area contributed by atoms with Crippen molar-refractivity contribution in [3.05, 3.63) is 83.0 Å². The first-order chi connectivity index (χ1) is 15.5. The molecule has 0 radical (unpaired) electrons. The number of pyridine rings is 1. The van der Waals surface area contributed by atoms with Crippen molar-refractivity contribution in [3.8, 4) is 0 Å². The average molecular weight is 465 g/mol. The van der Waals surface area contributed by atoms with Gasteiger partial charge in [-0.15, -0.1) is 0 Å². The summed E-state index contributed by atoms with van der Waals surface area (Å²) in [5.41, 5.74) is 4.47. The van der Waals surface area contributed by atoms with E-state index in [2.05, 4.69) is 52.1 Å². The van der Waals surface area contributed by atoms with Crippen LogP contribution >= 0.6 is 23.8 Å². The molecule has 1 saturated carbocycles. The summed E-state index contributed by atoms with van der Waals surface area (Å²) < 4.78 is 0. The van der Waals surface area contributed by atoms with Crippen molar-refractivity contribution in [1.82, 2.24) is 10.3 Å². The molecule has 2 aromatic carbocycles. The maximum absolute atomic E-state index is 6.30. The van der Waals surface area contributed by atoms with Gasteiger partial charge in [0.15, 0.2) is 5.11 Å². The second-order valence-corrected chi connectivity index (χ2v) is 9.43. The molecule has 1 aliphatic carbocycles. The van der Waals surface area contributed by atoms with Gasteiger partial charge in [-0.2, -0.15) is 0 Å². The topological polar surface area (TPSA) is 49.0 Å². The standard InChI is InChI=1S/C26H29ClN4S/c1-19-8-10-22(11-9-19)30-24-13-12-23(17-28-24)31-25(32)29-18-26(14-3-2-4-15-26)20-6-5-7-21(27)16-20/h5-13,16-17H,2-4,14-15,18H2,1H3,(H,28,30)(H2,29,31,32). The smallest absolute Gasteiger partial charge is 0.170 e. The van der Waals surface area contributed by atoms with Crippen LogP contribution < -0.4 is 16.0 Å². The molecule has 3 N–H and O–H groups in total. The number of rotatable bonds is 6. The Morgan fingerprint density at radius 2 is 1.75 bits per heavy atom. The summed E-state index contributed by atoms with van der Waals surface area (Å²) in [5.74, 6) is 0.792. The predicted molar refractivity (Wildman–Crippen MR) is 139 cm³/mol. The Morgan fingerprint density at radius 1 is 1.00 bits per heavy atom. The third-order valence-electron chi connectivity index (χ3n) is 6.18. The van der Waals surface area contributed by atoms with Gasteiger partial charge in [0.25, 0.3) is 0 Å². The molecular weight excluding hydrogens is 436 g/mol. The molecule has 0 saturated heterocycles. The summed E-state index contributed by atoms with van der Waals surface area (Å²) in [6.45, 7) is 2.87. The van der Waals surface area contributed by atoms with E-state index in [9.17, 15) is 0 Å². The Kier molecular flexibility index (Phi) is 7.28. The van der Waals surface area contributed by atoms with Crippen molar-refractivity contribution in [2.45, 2.75) is 44.4 Å². The Balaban J connectivity index is 1.35. The van der Waals surface area contributed by atoms with Crippen molar-refractivity contribution >= 4 is 46.1 Å². The number of aromatic nitrogens is 1. The van der Waals surface area contributed by atoms with E-state index in [-0.39, 0.29) is 5.41 Å². The number of anilines is 3. The van der Waals surface area contributed by atoms with Crippen LogP contribution in [-0.4, -0.2) is 16.6 Å². The van der Waals surface area contributed by atoms with E-state index >= 15 is 0 Å². The minimum atomic E-state index is 0.0644. The van der Waals surface area contributed by atoms with Crippen LogP contribution in [0.25, 0.3) is 0 Å². The van der Waals surface area contributed by atoms with Crippen LogP contribution in [0.15, 0.2) is 66.9 Å². The first-order valence-corrected chi connectivity index (χ1v) is 11.9. The lowest BCUT2D eigenvalue weighted by molar-refractivity contribution is 0.292. The van der Waals surface area contributed by atoms with Crippen LogP contribution in [0.5, 0.6) is 0 Å². The van der Waals surface area contributed by atoms with E-state index in [0.717, 1.165) is 41.6 Å². The monoisotopic (exact) mass is 464 g/mol. The highest BCUT2D eigenvalue weighted by atomic mass is 35.5. The number of benzene rings is 2. The van der Waals surface area contributed by atoms with Crippen molar-refractivity contribution in [2.75, 3.05) is 17.2 Å². The van der Waals surface area contributed by atoms with Crippen molar-refractivity contribution in [3.63, 3.8) is 0 Å². The van der Waals surface area contributed by atoms with Crippen molar-refractivity contribution in [2.24, 2.45) is 0 Å². The van der Waals surface area contributed by atoms with Crippen LogP contribution in [0, 0.1) is 6.92 Å². The summed E-state index contributed by atoms with van der Waals surface area (Å²) in [5, 5.41) is 11.4. The second kappa shape index (κ2) is 10.3. The first-order valence-electron chi connectivity index (χ1n) is 11.1. The zero-order chi connectivity index (χ0) is 22.4. The Hall–Kier alpha value is -2.63. The molecule has 1 aromatic heterocycles. The highest BCUT2D eigenvalue weighted by Gasteiger charge is 2.34. The van der Waals surface area contributed by atoms with Crippen LogP contribution in [-0.2, 0) is 5.41 Å². The van der Waals surface area contributed by atoms with E-state index in [4.69, 9.17) is 23.8 Å². The maximum Gasteiger partial charge on any atom is 0.170 e. The van der Waals surface area contributed by atoms with E-state index in [1.54, 1.807) is 6.20 Å². The van der Waals surface area contributed by atoms with Gasteiger partial charge >= 0.3 is 0 Å². The maximum atomic E-state index is 6.30. The second-order valence-electron chi connectivity index (χ2n) is 8.58. The molecule has 6 heteroatoms. The fourth-order valence-corrected chi connectivity index (χ4v) is 4.75. The van der Waals surface area contributed by atoms with Crippen LogP contribution in [0.1, 0.15) is 43.2 Å². The van der Waals surface area contributed by atoms with Gasteiger partial charge in [0, 0.05) is 22.7 Å². The average Bonchev–Trinajstić information content (AvgIpc) is 2.81. The van der Waals surface area contributed by atoms with Crippen LogP contribution in [0.3, 0.4) is 0 Å². The van der Waals surface area contributed by atoms with E-state index < -0.39 is 0 Å². The number of nitrogens with zero attached hydrogens (tertiary/aromatic N) is 1. The number of thiocarbonyl (C=S) groups is 1. The lowest BCUT2D eigenvalue weighted by atomic mass is 9.69. The van der Waals surface area contributed by atoms with Crippen LogP contribution in [0.4, 0.5) is 17.2 Å². The third kappa shape index (κ3) is 5.78. The van der Waals surface area contributed by atoms with Crippen LogP contribution in [0.2, 0.25) is 5.02 Å². The minimum Gasteiger partial charge on any atom is -0.362 e. The Morgan fingerprint density at radius 3 is 2.44 bits per heavy atom. The van der Waals surface area contributed by atoms with Gasteiger partial charge in [0.05, 0.1) is 11.9 Å². The van der Waals surface area contributed by atoms with Crippen molar-refractivity contribution < 1.29 is 0 Å². The number of hydrogen-bond acceptors (Lipinski definition) is 3. The number of nitrogens with one attached hydrogen (secondary N) is 3. The fraction of sp³-hybridized carbons (Fsp3) is 0.308. The first kappa shape index (κ1) is 22.6. The van der Waals surface area contributed by atoms with E-state index in [0.29, 0.717) is 5.11 Å². The molecule has 3 aromatic rings. The summed E-state index contributed by atoms with van der Waals surface area (Å²) >= 11 is 11.9. The molecular formula is C26H29ClN4S. The Bertz CT molecular complexity index is 1040. The molecule has 0 amide bonds. The molecule has 4 rings (SSSR count). The summed E-state index contributed by atoms with van der Waals surface area (Å²) in [6, 6.07) is 20.4. The number of aryl methyl sites for hydroxylation is 1. The van der Waals surface area contributed by atoms with Gasteiger partial charge in [-0.1, -0.05) is 60.7 Å². The summed E-state index contributed by atoms with van der Waals surface area (Å²) in [6.07, 6.45) is 7.83. The van der Waals surface area contributed by atoms with Gasteiger partial charge in [0.1, 0.15) is 5.82 Å². The fourth-order valence-electron chi connectivity index (χ4n) is 4.37. The molecule has 166 valence electrons. The van der Waals surface area contributed by atoms with Gasteiger partial charge in [-0.05, 0) is 73.9 Å². The van der Waals surface area contributed by atoms with Gasteiger partial charge in [0.2, 0.25) is 0 Å². The highest BCUT2D eigenvalue weighted by molar-refractivity contribution is 7.80. The molecule has 4 nitrogen and oxygen atoms in total. The molecule has 0 spiro atoms. The predicted octanol–water partition coefficient (Wildman–Crippen LogP) is 6.98. The molecule has 1 aliphatic rings. The zero-order valence-electron chi connectivity index (χ0n) is 18.3. The van der Waals surface area contributed by atoms with E-state index in [1.807, 2.05) is 36.4 Å².